The fourth-order valence-corrected chi connectivity index (χ4v) is 2.15. The van der Waals surface area contributed by atoms with Gasteiger partial charge in [0.2, 0.25) is 16.0 Å². The first kappa shape index (κ1) is 14.2. The standard InChI is InChI=1S/C8H10ClN5O3S/c9-5-2-1-4(3-6(5)18(12,16)17)7(15)13-8(10)14-11/h1-3H,11H2,(H2,12,16,17)(H3,10,13,14,15). The number of hydrazone groups is 1. The highest BCUT2D eigenvalue weighted by Gasteiger charge is 2.16. The van der Waals surface area contributed by atoms with Crippen molar-refractivity contribution in [2.45, 2.75) is 4.90 Å². The van der Waals surface area contributed by atoms with Crippen molar-refractivity contribution in [3.63, 3.8) is 0 Å². The molecule has 0 heterocycles. The molecule has 10 heteroatoms. The maximum absolute atomic E-state index is 11.6. The maximum Gasteiger partial charge on any atom is 0.258 e. The molecule has 0 bridgehead atoms. The molecule has 0 saturated carbocycles. The highest BCUT2D eigenvalue weighted by atomic mass is 35.5. The fourth-order valence-electron chi connectivity index (χ4n) is 1.08. The molecule has 18 heavy (non-hydrogen) atoms. The summed E-state index contributed by atoms with van der Waals surface area (Å²) in [4.78, 5) is 11.2. The molecule has 1 amide bonds. The number of hydrogen-bond donors (Lipinski definition) is 4. The lowest BCUT2D eigenvalue weighted by Crippen LogP contribution is -2.37. The van der Waals surface area contributed by atoms with E-state index in [1.165, 1.54) is 12.1 Å². The molecule has 0 aromatic heterocycles. The number of carbonyl (C=O) groups excluding carboxylic acids is 1. The Balaban J connectivity index is 3.18. The van der Waals surface area contributed by atoms with Gasteiger partial charge in [0.1, 0.15) is 4.90 Å². The summed E-state index contributed by atoms with van der Waals surface area (Å²) in [7, 11) is -4.02. The molecule has 0 saturated heterocycles. The molecular formula is C8H10ClN5O3S. The van der Waals surface area contributed by atoms with E-state index in [4.69, 9.17) is 28.3 Å². The van der Waals surface area contributed by atoms with Crippen molar-refractivity contribution in [3.05, 3.63) is 28.8 Å². The summed E-state index contributed by atoms with van der Waals surface area (Å²) >= 11 is 5.66. The van der Waals surface area contributed by atoms with Crippen molar-refractivity contribution in [2.24, 2.45) is 21.8 Å². The predicted molar refractivity (Wildman–Crippen MR) is 66.1 cm³/mol. The largest absolute Gasteiger partial charge is 0.368 e. The van der Waals surface area contributed by atoms with Crippen molar-refractivity contribution >= 4 is 33.5 Å². The number of hydrogen-bond acceptors (Lipinski definition) is 5. The van der Waals surface area contributed by atoms with Crippen molar-refractivity contribution in [1.82, 2.24) is 5.32 Å². The Morgan fingerprint density at radius 3 is 2.50 bits per heavy atom. The second-order valence-electron chi connectivity index (χ2n) is 3.16. The topological polar surface area (TPSA) is 154 Å². The van der Waals surface area contributed by atoms with Crippen LogP contribution in [0.25, 0.3) is 0 Å². The molecule has 1 aromatic rings. The Kier molecular flexibility index (Phi) is 4.11. The molecule has 0 atom stereocenters. The molecule has 0 fully saturated rings. The number of benzene rings is 1. The van der Waals surface area contributed by atoms with Gasteiger partial charge in [-0.05, 0) is 18.2 Å². The first-order chi connectivity index (χ1) is 8.25. The number of sulfonamides is 1. The molecule has 98 valence electrons. The molecule has 0 unspecified atom stereocenters. The quantitative estimate of drug-likeness (QED) is 0.236. The van der Waals surface area contributed by atoms with Gasteiger partial charge in [-0.1, -0.05) is 11.6 Å². The zero-order valence-corrected chi connectivity index (χ0v) is 10.5. The minimum atomic E-state index is -4.02. The Morgan fingerprint density at radius 2 is 2.00 bits per heavy atom. The van der Waals surface area contributed by atoms with Gasteiger partial charge in [-0.3, -0.25) is 10.1 Å². The smallest absolute Gasteiger partial charge is 0.258 e. The fraction of sp³-hybridized carbons (Fsp3) is 0. The molecular weight excluding hydrogens is 282 g/mol. The highest BCUT2D eigenvalue weighted by molar-refractivity contribution is 7.89. The number of nitrogens with one attached hydrogen (secondary N) is 1. The normalized spacial score (nSPS) is 12.2. The number of rotatable bonds is 2. The van der Waals surface area contributed by atoms with Crippen LogP contribution in [0.2, 0.25) is 5.02 Å². The van der Waals surface area contributed by atoms with Crippen LogP contribution in [0.3, 0.4) is 0 Å². The Bertz CT molecular complexity index is 613. The minimum Gasteiger partial charge on any atom is -0.368 e. The number of primary sulfonamides is 1. The molecule has 1 rings (SSSR count). The van der Waals surface area contributed by atoms with E-state index in [1.54, 1.807) is 0 Å². The minimum absolute atomic E-state index is 0.00461. The molecule has 0 aliphatic carbocycles. The second-order valence-corrected chi connectivity index (χ2v) is 5.10. The third kappa shape index (κ3) is 3.32. The summed E-state index contributed by atoms with van der Waals surface area (Å²) in [6.07, 6.45) is 0. The van der Waals surface area contributed by atoms with Crippen molar-refractivity contribution in [1.29, 1.82) is 0 Å². The summed E-state index contributed by atoms with van der Waals surface area (Å²) in [6.45, 7) is 0. The number of nitrogens with two attached hydrogens (primary N) is 3. The lowest BCUT2D eigenvalue weighted by atomic mass is 10.2. The maximum atomic E-state index is 11.6. The van der Waals surface area contributed by atoms with Gasteiger partial charge in [0, 0.05) is 5.56 Å². The van der Waals surface area contributed by atoms with Gasteiger partial charge in [-0.25, -0.2) is 13.6 Å². The number of halogens is 1. The van der Waals surface area contributed by atoms with Crippen molar-refractivity contribution in [3.8, 4) is 0 Å². The predicted octanol–water partition coefficient (Wildman–Crippen LogP) is -1.09. The van der Waals surface area contributed by atoms with Gasteiger partial charge in [0.05, 0.1) is 5.02 Å². The lowest BCUT2D eigenvalue weighted by Gasteiger charge is -2.06. The summed E-state index contributed by atoms with van der Waals surface area (Å²) in [5.41, 5.74) is 5.18. The number of carbonyl (C=O) groups is 1. The van der Waals surface area contributed by atoms with E-state index in [-0.39, 0.29) is 21.4 Å². The third-order valence-corrected chi connectivity index (χ3v) is 3.27. The van der Waals surface area contributed by atoms with E-state index < -0.39 is 15.9 Å². The van der Waals surface area contributed by atoms with E-state index in [0.29, 0.717) is 0 Å². The van der Waals surface area contributed by atoms with Crippen LogP contribution in [-0.4, -0.2) is 20.3 Å². The Hall–Kier alpha value is -1.84. The SMILES string of the molecule is NN=C(N)NC(=O)c1ccc(Cl)c(S(N)(=O)=O)c1. The van der Waals surface area contributed by atoms with Gasteiger partial charge in [0.25, 0.3) is 5.91 Å². The van der Waals surface area contributed by atoms with Crippen molar-refractivity contribution < 1.29 is 13.2 Å². The lowest BCUT2D eigenvalue weighted by molar-refractivity contribution is 0.0976. The van der Waals surface area contributed by atoms with E-state index in [2.05, 4.69) is 10.4 Å². The number of nitrogens with zero attached hydrogens (tertiary/aromatic N) is 1. The van der Waals surface area contributed by atoms with Gasteiger partial charge < -0.3 is 11.6 Å². The molecule has 0 spiro atoms. The zero-order valence-electron chi connectivity index (χ0n) is 8.92. The van der Waals surface area contributed by atoms with Gasteiger partial charge in [-0.2, -0.15) is 0 Å². The Labute approximate surface area is 108 Å². The molecule has 0 aliphatic rings. The monoisotopic (exact) mass is 291 g/mol. The number of guanidine groups is 1. The summed E-state index contributed by atoms with van der Waals surface area (Å²) in [5, 5.41) is 10.0. The average Bonchev–Trinajstić information content (AvgIpc) is 2.27. The van der Waals surface area contributed by atoms with Crippen LogP contribution in [0, 0.1) is 0 Å². The van der Waals surface area contributed by atoms with Gasteiger partial charge >= 0.3 is 0 Å². The van der Waals surface area contributed by atoms with Gasteiger partial charge in [-0.15, -0.1) is 5.10 Å². The second kappa shape index (κ2) is 5.21. The molecule has 0 aliphatic heterocycles. The van der Waals surface area contributed by atoms with E-state index in [0.717, 1.165) is 6.07 Å². The van der Waals surface area contributed by atoms with Crippen LogP contribution in [0.15, 0.2) is 28.2 Å². The zero-order chi connectivity index (χ0) is 13.9. The Morgan fingerprint density at radius 1 is 1.39 bits per heavy atom. The van der Waals surface area contributed by atoms with Crippen LogP contribution in [0.4, 0.5) is 0 Å². The molecule has 0 radical (unpaired) electrons. The summed E-state index contributed by atoms with van der Waals surface area (Å²) < 4.78 is 22.4. The molecule has 7 N–H and O–H groups in total. The van der Waals surface area contributed by atoms with Crippen LogP contribution in [-0.2, 0) is 10.0 Å². The van der Waals surface area contributed by atoms with Crippen LogP contribution in [0.1, 0.15) is 10.4 Å². The number of amides is 1. The van der Waals surface area contributed by atoms with Gasteiger partial charge in [0.15, 0.2) is 0 Å². The first-order valence-electron chi connectivity index (χ1n) is 4.42. The van der Waals surface area contributed by atoms with E-state index in [9.17, 15) is 13.2 Å². The highest BCUT2D eigenvalue weighted by Crippen LogP contribution is 2.21. The van der Waals surface area contributed by atoms with Crippen LogP contribution in [0.5, 0.6) is 0 Å². The summed E-state index contributed by atoms with van der Waals surface area (Å²) in [5.74, 6) is 3.83. The molecule has 8 nitrogen and oxygen atoms in total. The first-order valence-corrected chi connectivity index (χ1v) is 6.35. The van der Waals surface area contributed by atoms with Crippen LogP contribution < -0.4 is 22.0 Å². The molecule has 1 aromatic carbocycles. The summed E-state index contributed by atoms with van der Waals surface area (Å²) in [6, 6.07) is 3.55. The van der Waals surface area contributed by atoms with Crippen molar-refractivity contribution in [2.75, 3.05) is 0 Å². The third-order valence-electron chi connectivity index (χ3n) is 1.88. The van der Waals surface area contributed by atoms with Crippen LogP contribution >= 0.6 is 11.6 Å². The average molecular weight is 292 g/mol. The van der Waals surface area contributed by atoms with E-state index in [1.807, 2.05) is 0 Å². The van der Waals surface area contributed by atoms with E-state index >= 15 is 0 Å².